The highest BCUT2D eigenvalue weighted by Gasteiger charge is 2.44. The third-order valence-corrected chi connectivity index (χ3v) is 5.60. The molecule has 2 aromatic carbocycles. The van der Waals surface area contributed by atoms with Crippen molar-refractivity contribution in [3.8, 4) is 0 Å². The lowest BCUT2D eigenvalue weighted by Gasteiger charge is -2.30. The van der Waals surface area contributed by atoms with Crippen LogP contribution in [0, 0.1) is 11.6 Å². The summed E-state index contributed by atoms with van der Waals surface area (Å²) in [6, 6.07) is 9.14. The lowest BCUT2D eigenvalue weighted by Crippen LogP contribution is -2.47. The molecule has 3 rings (SSSR count). The first kappa shape index (κ1) is 20.3. The summed E-state index contributed by atoms with van der Waals surface area (Å²) < 4.78 is 27.0. The van der Waals surface area contributed by atoms with Crippen LogP contribution in [0.15, 0.2) is 42.5 Å². The van der Waals surface area contributed by atoms with Crippen molar-refractivity contribution in [1.29, 1.82) is 0 Å². The van der Waals surface area contributed by atoms with Crippen molar-refractivity contribution in [2.75, 3.05) is 7.05 Å². The van der Waals surface area contributed by atoms with Crippen molar-refractivity contribution in [3.63, 3.8) is 0 Å². The Morgan fingerprint density at radius 1 is 1.04 bits per heavy atom. The molecule has 148 valence electrons. The lowest BCUT2D eigenvalue weighted by atomic mass is 9.77. The van der Waals surface area contributed by atoms with Gasteiger partial charge in [0, 0.05) is 12.1 Å². The average molecular weight is 407 g/mol. The number of nitrogens with one attached hydrogen (secondary N) is 2. The van der Waals surface area contributed by atoms with Gasteiger partial charge in [0.15, 0.2) is 11.6 Å². The Kier molecular flexibility index (Phi) is 5.98. The Morgan fingerprint density at radius 3 is 2.25 bits per heavy atom. The first-order chi connectivity index (χ1) is 13.4. The zero-order chi connectivity index (χ0) is 20.3. The lowest BCUT2D eigenvalue weighted by molar-refractivity contribution is -0.132. The standard InChI is InChI=1S/C21H21ClF2N2O2/c1-25-19(27)18(13-4-9-16(23)17(24)12-13)26-20(28)21(10-2-3-11-21)14-5-7-15(22)8-6-14/h4-9,12,18H,2-3,10-11H2,1H3,(H,25,27)(H,26,28). The van der Waals surface area contributed by atoms with Crippen LogP contribution in [-0.2, 0) is 15.0 Å². The van der Waals surface area contributed by atoms with Crippen LogP contribution in [-0.4, -0.2) is 18.9 Å². The summed E-state index contributed by atoms with van der Waals surface area (Å²) in [4.78, 5) is 25.7. The number of benzene rings is 2. The zero-order valence-corrected chi connectivity index (χ0v) is 16.2. The maximum absolute atomic E-state index is 13.7. The summed E-state index contributed by atoms with van der Waals surface area (Å²) in [6.45, 7) is 0. The molecule has 1 saturated carbocycles. The molecule has 0 aliphatic heterocycles. The maximum Gasteiger partial charge on any atom is 0.246 e. The van der Waals surface area contributed by atoms with Crippen LogP contribution < -0.4 is 10.6 Å². The van der Waals surface area contributed by atoms with Gasteiger partial charge in [-0.1, -0.05) is 42.6 Å². The van der Waals surface area contributed by atoms with Crippen LogP contribution in [0.25, 0.3) is 0 Å². The van der Waals surface area contributed by atoms with Gasteiger partial charge in [0.05, 0.1) is 5.41 Å². The molecule has 0 bridgehead atoms. The van der Waals surface area contributed by atoms with Crippen molar-refractivity contribution in [1.82, 2.24) is 10.6 Å². The molecule has 1 aliphatic rings. The molecular formula is C21H21ClF2N2O2. The second kappa shape index (κ2) is 8.27. The first-order valence-electron chi connectivity index (χ1n) is 9.11. The highest BCUT2D eigenvalue weighted by Crippen LogP contribution is 2.42. The Balaban J connectivity index is 1.94. The van der Waals surface area contributed by atoms with E-state index >= 15 is 0 Å². The van der Waals surface area contributed by atoms with E-state index in [0.717, 1.165) is 30.5 Å². The SMILES string of the molecule is CNC(=O)C(NC(=O)C1(c2ccc(Cl)cc2)CCCC1)c1ccc(F)c(F)c1. The van der Waals surface area contributed by atoms with Gasteiger partial charge in [-0.15, -0.1) is 0 Å². The average Bonchev–Trinajstić information content (AvgIpc) is 3.19. The van der Waals surface area contributed by atoms with E-state index in [-0.39, 0.29) is 11.5 Å². The van der Waals surface area contributed by atoms with E-state index in [1.165, 1.54) is 13.1 Å². The fourth-order valence-electron chi connectivity index (χ4n) is 3.80. The predicted molar refractivity (Wildman–Crippen MR) is 103 cm³/mol. The van der Waals surface area contributed by atoms with Gasteiger partial charge in [0.2, 0.25) is 11.8 Å². The molecular weight excluding hydrogens is 386 g/mol. The number of carbonyl (C=O) groups excluding carboxylic acids is 2. The number of hydrogen-bond acceptors (Lipinski definition) is 2. The maximum atomic E-state index is 13.7. The molecule has 2 N–H and O–H groups in total. The number of rotatable bonds is 5. The molecule has 7 heteroatoms. The molecule has 0 radical (unpaired) electrons. The number of likely N-dealkylation sites (N-methyl/N-ethyl adjacent to an activating group) is 1. The minimum atomic E-state index is -1.13. The molecule has 2 aromatic rings. The quantitative estimate of drug-likeness (QED) is 0.787. The zero-order valence-electron chi connectivity index (χ0n) is 15.4. The molecule has 0 saturated heterocycles. The van der Waals surface area contributed by atoms with E-state index in [2.05, 4.69) is 10.6 Å². The molecule has 28 heavy (non-hydrogen) atoms. The van der Waals surface area contributed by atoms with Crippen molar-refractivity contribution < 1.29 is 18.4 Å². The second-order valence-electron chi connectivity index (χ2n) is 6.99. The number of halogens is 3. The van der Waals surface area contributed by atoms with Crippen LogP contribution in [0.2, 0.25) is 5.02 Å². The Labute approximate surface area is 167 Å². The summed E-state index contributed by atoms with van der Waals surface area (Å²) in [5.41, 5.74) is 0.221. The highest BCUT2D eigenvalue weighted by molar-refractivity contribution is 6.30. The molecule has 0 heterocycles. The van der Waals surface area contributed by atoms with Gasteiger partial charge in [0.25, 0.3) is 0 Å². The van der Waals surface area contributed by atoms with Gasteiger partial charge < -0.3 is 10.6 Å². The molecule has 1 unspecified atom stereocenters. The van der Waals surface area contributed by atoms with Crippen LogP contribution in [0.5, 0.6) is 0 Å². The van der Waals surface area contributed by atoms with Crippen molar-refractivity contribution >= 4 is 23.4 Å². The number of amides is 2. The van der Waals surface area contributed by atoms with Crippen LogP contribution in [0.3, 0.4) is 0 Å². The smallest absolute Gasteiger partial charge is 0.246 e. The van der Waals surface area contributed by atoms with E-state index in [4.69, 9.17) is 11.6 Å². The monoisotopic (exact) mass is 406 g/mol. The van der Waals surface area contributed by atoms with Crippen molar-refractivity contribution in [3.05, 3.63) is 70.2 Å². The summed E-state index contributed by atoms with van der Waals surface area (Å²) in [7, 11) is 1.42. The molecule has 4 nitrogen and oxygen atoms in total. The van der Waals surface area contributed by atoms with Gasteiger partial charge >= 0.3 is 0 Å². The summed E-state index contributed by atoms with van der Waals surface area (Å²) in [5.74, 6) is -2.91. The fourth-order valence-corrected chi connectivity index (χ4v) is 3.93. The Bertz CT molecular complexity index is 880. The topological polar surface area (TPSA) is 58.2 Å². The summed E-state index contributed by atoms with van der Waals surface area (Å²) >= 11 is 5.98. The van der Waals surface area contributed by atoms with Gasteiger partial charge in [-0.2, -0.15) is 0 Å². The van der Waals surface area contributed by atoms with Gasteiger partial charge in [-0.25, -0.2) is 8.78 Å². The van der Waals surface area contributed by atoms with Gasteiger partial charge in [-0.05, 0) is 48.2 Å². The Hall–Kier alpha value is -2.47. The van der Waals surface area contributed by atoms with Gasteiger partial charge in [-0.3, -0.25) is 9.59 Å². The van der Waals surface area contributed by atoms with Crippen LogP contribution in [0.1, 0.15) is 42.9 Å². The van der Waals surface area contributed by atoms with E-state index in [1.54, 1.807) is 12.1 Å². The number of carbonyl (C=O) groups is 2. The normalized spacial score (nSPS) is 16.4. The molecule has 0 spiro atoms. The molecule has 1 aliphatic carbocycles. The van der Waals surface area contributed by atoms with E-state index in [9.17, 15) is 18.4 Å². The largest absolute Gasteiger partial charge is 0.357 e. The van der Waals surface area contributed by atoms with Crippen molar-refractivity contribution in [2.45, 2.75) is 37.1 Å². The molecule has 0 aromatic heterocycles. The summed E-state index contributed by atoms with van der Waals surface area (Å²) in [5, 5.41) is 5.79. The van der Waals surface area contributed by atoms with E-state index in [0.29, 0.717) is 17.9 Å². The minimum absolute atomic E-state index is 0.177. The number of hydrogen-bond donors (Lipinski definition) is 2. The van der Waals surface area contributed by atoms with E-state index < -0.39 is 29.0 Å². The first-order valence-corrected chi connectivity index (χ1v) is 9.49. The van der Waals surface area contributed by atoms with Crippen LogP contribution in [0.4, 0.5) is 8.78 Å². The second-order valence-corrected chi connectivity index (χ2v) is 7.43. The third kappa shape index (κ3) is 3.87. The summed E-state index contributed by atoms with van der Waals surface area (Å²) in [6.07, 6.45) is 3.04. The highest BCUT2D eigenvalue weighted by atomic mass is 35.5. The van der Waals surface area contributed by atoms with E-state index in [1.807, 2.05) is 12.1 Å². The van der Waals surface area contributed by atoms with Crippen LogP contribution >= 0.6 is 11.6 Å². The fraction of sp³-hybridized carbons (Fsp3) is 0.333. The molecule has 2 amide bonds. The van der Waals surface area contributed by atoms with Crippen molar-refractivity contribution in [2.24, 2.45) is 0 Å². The minimum Gasteiger partial charge on any atom is -0.357 e. The molecule has 1 atom stereocenters. The van der Waals surface area contributed by atoms with Gasteiger partial charge in [0.1, 0.15) is 6.04 Å². The predicted octanol–water partition coefficient (Wildman–Crippen LogP) is 4.03. The molecule has 1 fully saturated rings. The Morgan fingerprint density at radius 2 is 1.68 bits per heavy atom. The third-order valence-electron chi connectivity index (χ3n) is 5.35.